The fourth-order valence-electron chi connectivity index (χ4n) is 2.42. The smallest absolute Gasteiger partial charge is 0.333 e. The number of carboxylic acid groups (broad SMARTS) is 1. The molecule has 0 unspecified atom stereocenters. The Bertz CT molecular complexity index is 927. The Morgan fingerprint density at radius 2 is 1.97 bits per heavy atom. The van der Waals surface area contributed by atoms with Crippen LogP contribution in [0, 0.1) is 19.0 Å². The summed E-state index contributed by atoms with van der Waals surface area (Å²) in [5.74, 6) is 5.62. The lowest BCUT2D eigenvalue weighted by atomic mass is 10.1. The number of ether oxygens (including phenoxy) is 2. The second kappa shape index (κ2) is 12.4. The molecule has 0 amide bonds. The van der Waals surface area contributed by atoms with E-state index in [9.17, 15) is 9.90 Å². The summed E-state index contributed by atoms with van der Waals surface area (Å²) in [4.78, 5) is 11.2. The maximum absolute atomic E-state index is 11.2. The third-order valence-corrected chi connectivity index (χ3v) is 5.22. The Hall–Kier alpha value is -1.28. The molecule has 2 rings (SSSR count). The average Bonchev–Trinajstić information content (AvgIpc) is 2.64. The molecular formula is C22H19ClI2O4. The molecule has 29 heavy (non-hydrogen) atoms. The average molecular weight is 637 g/mol. The van der Waals surface area contributed by atoms with Crippen LogP contribution in [0.2, 0.25) is 5.02 Å². The minimum absolute atomic E-state index is 0.246. The monoisotopic (exact) mass is 636 g/mol. The molecule has 0 heterocycles. The number of allylic oxidation sites excluding steroid dienone is 1. The lowest BCUT2D eigenvalue weighted by Gasteiger charge is -2.13. The predicted molar refractivity (Wildman–Crippen MR) is 132 cm³/mol. The minimum atomic E-state index is -0.991. The Labute approximate surface area is 202 Å². The molecule has 0 aliphatic carbocycles. The molecule has 0 spiro atoms. The number of halogens is 3. The van der Waals surface area contributed by atoms with Gasteiger partial charge in [0.2, 0.25) is 0 Å². The van der Waals surface area contributed by atoms with Gasteiger partial charge in [0.1, 0.15) is 12.4 Å². The molecule has 0 saturated heterocycles. The molecule has 0 aliphatic heterocycles. The largest absolute Gasteiger partial charge is 0.488 e. The zero-order valence-corrected chi connectivity index (χ0v) is 20.7. The first kappa shape index (κ1) is 24.0. The van der Waals surface area contributed by atoms with Crippen LogP contribution in [0.4, 0.5) is 0 Å². The summed E-state index contributed by atoms with van der Waals surface area (Å²) in [5.41, 5.74) is 1.74. The van der Waals surface area contributed by atoms with E-state index in [1.165, 1.54) is 0 Å². The fraction of sp³-hybridized carbons (Fsp3) is 0.227. The molecule has 2 aromatic carbocycles. The molecule has 2 aromatic rings. The van der Waals surface area contributed by atoms with Crippen molar-refractivity contribution in [2.45, 2.75) is 19.4 Å². The van der Waals surface area contributed by atoms with Gasteiger partial charge >= 0.3 is 5.97 Å². The summed E-state index contributed by atoms with van der Waals surface area (Å²) in [6.07, 6.45) is 2.91. The molecule has 0 radical (unpaired) electrons. The van der Waals surface area contributed by atoms with Gasteiger partial charge in [-0.2, -0.15) is 0 Å². The maximum Gasteiger partial charge on any atom is 0.333 e. The van der Waals surface area contributed by atoms with E-state index in [1.54, 1.807) is 31.2 Å². The van der Waals surface area contributed by atoms with Gasteiger partial charge in [0.05, 0.1) is 5.02 Å². The highest BCUT2D eigenvalue weighted by molar-refractivity contribution is 14.1. The Morgan fingerprint density at radius 3 is 2.59 bits per heavy atom. The molecule has 0 fully saturated rings. The lowest BCUT2D eigenvalue weighted by molar-refractivity contribution is -0.149. The molecule has 152 valence electrons. The molecule has 7 heteroatoms. The van der Waals surface area contributed by atoms with E-state index in [0.717, 1.165) is 18.3 Å². The van der Waals surface area contributed by atoms with E-state index < -0.39 is 12.1 Å². The third kappa shape index (κ3) is 8.54. The van der Waals surface area contributed by atoms with E-state index in [4.69, 9.17) is 21.1 Å². The number of hydrogen-bond acceptors (Lipinski definition) is 3. The van der Waals surface area contributed by atoms with E-state index in [-0.39, 0.29) is 6.42 Å². The molecule has 0 saturated carbocycles. The first-order valence-corrected chi connectivity index (χ1v) is 11.3. The molecule has 1 N–H and O–H groups in total. The lowest BCUT2D eigenvalue weighted by Crippen LogP contribution is -2.26. The number of carboxylic acids is 1. The van der Waals surface area contributed by atoms with Crippen LogP contribution in [0.25, 0.3) is 0 Å². The van der Waals surface area contributed by atoms with Crippen molar-refractivity contribution in [3.63, 3.8) is 0 Å². The van der Waals surface area contributed by atoms with Crippen LogP contribution in [-0.2, 0) is 16.0 Å². The molecule has 0 aliphatic rings. The quantitative estimate of drug-likeness (QED) is 0.304. The Morgan fingerprint density at radius 1 is 1.24 bits per heavy atom. The van der Waals surface area contributed by atoms with E-state index >= 15 is 0 Å². The van der Waals surface area contributed by atoms with Crippen molar-refractivity contribution in [2.75, 3.05) is 13.2 Å². The predicted octanol–water partition coefficient (Wildman–Crippen LogP) is 5.57. The summed E-state index contributed by atoms with van der Waals surface area (Å²) < 4.78 is 13.2. The van der Waals surface area contributed by atoms with Gasteiger partial charge in [0.25, 0.3) is 0 Å². The third-order valence-electron chi connectivity index (χ3n) is 3.68. The summed E-state index contributed by atoms with van der Waals surface area (Å²) in [6, 6.07) is 11.4. The van der Waals surface area contributed by atoms with Crippen LogP contribution in [0.1, 0.15) is 18.1 Å². The molecule has 0 aromatic heterocycles. The SMILES string of the molecule is CCO[C@@H](Cc1ccc(OC/C=C\C#Cc2cc(I)cc(I)c2)c(Cl)c1)C(=O)O. The first-order valence-electron chi connectivity index (χ1n) is 8.77. The van der Waals surface area contributed by atoms with Crippen LogP contribution >= 0.6 is 56.8 Å². The maximum atomic E-state index is 11.2. The van der Waals surface area contributed by atoms with Gasteiger partial charge < -0.3 is 14.6 Å². The zero-order valence-electron chi connectivity index (χ0n) is 15.6. The van der Waals surface area contributed by atoms with Crippen molar-refractivity contribution in [1.82, 2.24) is 0 Å². The van der Waals surface area contributed by atoms with Gasteiger partial charge in [-0.15, -0.1) is 0 Å². The summed E-state index contributed by atoms with van der Waals surface area (Å²) in [6.45, 7) is 2.43. The second-order valence-electron chi connectivity index (χ2n) is 5.89. The van der Waals surface area contributed by atoms with Gasteiger partial charge in [0, 0.05) is 25.7 Å². The van der Waals surface area contributed by atoms with Gasteiger partial charge in [-0.25, -0.2) is 4.79 Å². The summed E-state index contributed by atoms with van der Waals surface area (Å²) in [5, 5.41) is 9.60. The topological polar surface area (TPSA) is 55.8 Å². The van der Waals surface area contributed by atoms with Crippen molar-refractivity contribution in [3.8, 4) is 17.6 Å². The van der Waals surface area contributed by atoms with Crippen LogP contribution in [0.15, 0.2) is 48.6 Å². The van der Waals surface area contributed by atoms with Gasteiger partial charge in [-0.3, -0.25) is 0 Å². The Balaban J connectivity index is 1.90. The van der Waals surface area contributed by atoms with Crippen LogP contribution < -0.4 is 4.74 Å². The van der Waals surface area contributed by atoms with Gasteiger partial charge in [0.15, 0.2) is 6.10 Å². The van der Waals surface area contributed by atoms with Crippen molar-refractivity contribution in [2.24, 2.45) is 0 Å². The van der Waals surface area contributed by atoms with Crippen LogP contribution in [0.5, 0.6) is 5.75 Å². The van der Waals surface area contributed by atoms with Crippen LogP contribution in [-0.4, -0.2) is 30.4 Å². The first-order chi connectivity index (χ1) is 13.9. The normalized spacial score (nSPS) is 11.7. The van der Waals surface area contributed by atoms with Crippen molar-refractivity contribution in [1.29, 1.82) is 0 Å². The number of benzene rings is 2. The van der Waals surface area contributed by atoms with E-state index in [1.807, 2.05) is 18.2 Å². The highest BCUT2D eigenvalue weighted by Crippen LogP contribution is 2.26. The van der Waals surface area contributed by atoms with E-state index in [0.29, 0.717) is 24.0 Å². The van der Waals surface area contributed by atoms with Crippen LogP contribution in [0.3, 0.4) is 0 Å². The Kier molecular flexibility index (Phi) is 10.3. The summed E-state index contributed by atoms with van der Waals surface area (Å²) >= 11 is 10.8. The molecule has 0 bridgehead atoms. The minimum Gasteiger partial charge on any atom is -0.488 e. The van der Waals surface area contributed by atoms with E-state index in [2.05, 4.69) is 63.1 Å². The summed E-state index contributed by atoms with van der Waals surface area (Å²) in [7, 11) is 0. The number of carbonyl (C=O) groups is 1. The van der Waals surface area contributed by atoms with Crippen molar-refractivity contribution < 1.29 is 19.4 Å². The fourth-order valence-corrected chi connectivity index (χ4v) is 4.61. The van der Waals surface area contributed by atoms with Gasteiger partial charge in [-0.1, -0.05) is 29.5 Å². The number of aliphatic carboxylic acids is 1. The van der Waals surface area contributed by atoms with Gasteiger partial charge in [-0.05, 0) is 100 Å². The number of rotatable bonds is 8. The molecular weight excluding hydrogens is 617 g/mol. The molecule has 1 atom stereocenters. The second-order valence-corrected chi connectivity index (χ2v) is 8.79. The number of hydrogen-bond donors (Lipinski definition) is 1. The zero-order chi connectivity index (χ0) is 21.2. The van der Waals surface area contributed by atoms with Crippen molar-refractivity contribution in [3.05, 3.63) is 71.8 Å². The highest BCUT2D eigenvalue weighted by Gasteiger charge is 2.18. The highest BCUT2D eigenvalue weighted by atomic mass is 127. The standard InChI is InChI=1S/C22H19ClI2O4/c1-2-28-21(22(26)27)13-16-7-8-20(19(23)12-16)29-9-5-3-4-6-15-10-17(24)14-18(25)11-15/h3,5,7-8,10-12,14,21H,2,9,13H2,1H3,(H,26,27)/b5-3-/t21-/m0/s1. The molecule has 4 nitrogen and oxygen atoms in total. The van der Waals surface area contributed by atoms with Crippen molar-refractivity contribution >= 4 is 62.8 Å².